The summed E-state index contributed by atoms with van der Waals surface area (Å²) in [4.78, 5) is 0.0814. The van der Waals surface area contributed by atoms with E-state index in [1.165, 1.54) is 42.6 Å². The van der Waals surface area contributed by atoms with Crippen molar-refractivity contribution in [3.8, 4) is 0 Å². The molecule has 0 radical (unpaired) electrons. The standard InChI is InChI=1S/C17H15NO4S2/c1-14-9-11-15(12-10-14)23(19,20)17-8-5-13-18(17)24(21,22)16-6-3-2-4-7-16/h2-13H,1H3. The molecule has 0 fully saturated rings. The molecule has 0 atom stereocenters. The molecule has 5 nitrogen and oxygen atoms in total. The predicted octanol–water partition coefficient (Wildman–Crippen LogP) is 2.87. The van der Waals surface area contributed by atoms with Gasteiger partial charge in [-0.3, -0.25) is 0 Å². The maximum atomic E-state index is 12.8. The lowest BCUT2D eigenvalue weighted by atomic mass is 10.2. The second kappa shape index (κ2) is 5.92. The average molecular weight is 361 g/mol. The van der Waals surface area contributed by atoms with Crippen molar-refractivity contribution in [3.05, 3.63) is 78.5 Å². The van der Waals surface area contributed by atoms with Gasteiger partial charge in [0.15, 0.2) is 5.03 Å². The zero-order valence-corrected chi connectivity index (χ0v) is 14.5. The van der Waals surface area contributed by atoms with E-state index in [4.69, 9.17) is 0 Å². The number of sulfone groups is 1. The first-order chi connectivity index (χ1) is 11.3. The van der Waals surface area contributed by atoms with Crippen LogP contribution in [0.5, 0.6) is 0 Å². The second-order valence-electron chi connectivity index (χ2n) is 5.28. The van der Waals surface area contributed by atoms with Crippen molar-refractivity contribution in [2.45, 2.75) is 21.7 Å². The number of hydrogen-bond acceptors (Lipinski definition) is 4. The highest BCUT2D eigenvalue weighted by Gasteiger charge is 2.27. The van der Waals surface area contributed by atoms with Crippen LogP contribution in [0, 0.1) is 6.92 Å². The van der Waals surface area contributed by atoms with E-state index < -0.39 is 19.9 Å². The van der Waals surface area contributed by atoms with Crippen molar-refractivity contribution in [2.24, 2.45) is 0 Å². The lowest BCUT2D eigenvalue weighted by molar-refractivity contribution is 0.572. The molecular formula is C17H15NO4S2. The summed E-state index contributed by atoms with van der Waals surface area (Å²) in [5, 5.41) is -0.282. The molecule has 0 amide bonds. The minimum Gasteiger partial charge on any atom is -0.230 e. The number of aryl methyl sites for hydroxylation is 1. The third-order valence-corrected chi connectivity index (χ3v) is 7.18. The van der Waals surface area contributed by atoms with Crippen LogP contribution in [0.2, 0.25) is 0 Å². The van der Waals surface area contributed by atoms with E-state index in [1.54, 1.807) is 30.3 Å². The highest BCUT2D eigenvalue weighted by molar-refractivity contribution is 7.93. The van der Waals surface area contributed by atoms with E-state index >= 15 is 0 Å². The summed E-state index contributed by atoms with van der Waals surface area (Å²) >= 11 is 0. The van der Waals surface area contributed by atoms with E-state index in [0.717, 1.165) is 9.54 Å². The summed E-state index contributed by atoms with van der Waals surface area (Å²) in [5.74, 6) is 0. The van der Waals surface area contributed by atoms with Crippen LogP contribution in [0.15, 0.2) is 87.7 Å². The van der Waals surface area contributed by atoms with Gasteiger partial charge in [-0.2, -0.15) is 0 Å². The Hall–Kier alpha value is -2.38. The Bertz CT molecular complexity index is 1070. The maximum absolute atomic E-state index is 12.8. The van der Waals surface area contributed by atoms with Crippen LogP contribution < -0.4 is 0 Å². The van der Waals surface area contributed by atoms with Crippen LogP contribution in [-0.2, 0) is 19.9 Å². The van der Waals surface area contributed by atoms with Gasteiger partial charge in [-0.25, -0.2) is 20.8 Å². The molecule has 3 aromatic rings. The third kappa shape index (κ3) is 2.76. The fourth-order valence-corrected chi connectivity index (χ4v) is 5.44. The minimum atomic E-state index is -3.99. The summed E-state index contributed by atoms with van der Waals surface area (Å²) in [5.41, 5.74) is 0.918. The summed E-state index contributed by atoms with van der Waals surface area (Å²) in [6.45, 7) is 1.85. The molecule has 24 heavy (non-hydrogen) atoms. The van der Waals surface area contributed by atoms with Gasteiger partial charge in [-0.05, 0) is 43.3 Å². The quantitative estimate of drug-likeness (QED) is 0.716. The van der Waals surface area contributed by atoms with Gasteiger partial charge in [0.2, 0.25) is 9.84 Å². The van der Waals surface area contributed by atoms with Gasteiger partial charge in [-0.15, -0.1) is 0 Å². The van der Waals surface area contributed by atoms with Crippen LogP contribution in [0.25, 0.3) is 0 Å². The number of aromatic nitrogens is 1. The molecule has 7 heteroatoms. The molecule has 1 heterocycles. The van der Waals surface area contributed by atoms with E-state index in [1.807, 2.05) is 6.92 Å². The van der Waals surface area contributed by atoms with Crippen molar-refractivity contribution in [1.82, 2.24) is 3.97 Å². The fraction of sp³-hybridized carbons (Fsp3) is 0.0588. The third-order valence-electron chi connectivity index (χ3n) is 3.58. The smallest absolute Gasteiger partial charge is 0.230 e. The molecule has 0 saturated heterocycles. The average Bonchev–Trinajstić information content (AvgIpc) is 3.07. The number of rotatable bonds is 4. The molecule has 0 aliphatic rings. The largest absolute Gasteiger partial charge is 0.268 e. The molecule has 0 saturated carbocycles. The van der Waals surface area contributed by atoms with Gasteiger partial charge in [0.25, 0.3) is 10.0 Å². The van der Waals surface area contributed by atoms with Gasteiger partial charge in [0, 0.05) is 6.20 Å². The molecule has 3 rings (SSSR count). The summed E-state index contributed by atoms with van der Waals surface area (Å²) in [6.07, 6.45) is 1.24. The first-order valence-corrected chi connectivity index (χ1v) is 10.1. The highest BCUT2D eigenvalue weighted by Crippen LogP contribution is 2.25. The van der Waals surface area contributed by atoms with E-state index in [-0.39, 0.29) is 14.8 Å². The zero-order valence-electron chi connectivity index (χ0n) is 12.8. The molecule has 0 N–H and O–H groups in total. The molecule has 2 aromatic carbocycles. The normalized spacial score (nSPS) is 12.2. The molecule has 124 valence electrons. The second-order valence-corrected chi connectivity index (χ2v) is 8.99. The van der Waals surface area contributed by atoms with Crippen LogP contribution in [0.3, 0.4) is 0 Å². The van der Waals surface area contributed by atoms with Crippen LogP contribution in [0.1, 0.15) is 5.56 Å². The van der Waals surface area contributed by atoms with Crippen molar-refractivity contribution in [1.29, 1.82) is 0 Å². The topological polar surface area (TPSA) is 73.2 Å². The van der Waals surface area contributed by atoms with Crippen molar-refractivity contribution in [3.63, 3.8) is 0 Å². The Kier molecular flexibility index (Phi) is 4.06. The number of benzene rings is 2. The van der Waals surface area contributed by atoms with Gasteiger partial charge in [0.05, 0.1) is 9.79 Å². The van der Waals surface area contributed by atoms with Crippen LogP contribution in [-0.4, -0.2) is 20.8 Å². The maximum Gasteiger partial charge on any atom is 0.268 e. The van der Waals surface area contributed by atoms with E-state index in [2.05, 4.69) is 0 Å². The first-order valence-electron chi connectivity index (χ1n) is 7.13. The SMILES string of the molecule is Cc1ccc(S(=O)(=O)c2cccn2S(=O)(=O)c2ccccc2)cc1. The van der Waals surface area contributed by atoms with Crippen LogP contribution >= 0.6 is 0 Å². The van der Waals surface area contributed by atoms with Gasteiger partial charge >= 0.3 is 0 Å². The van der Waals surface area contributed by atoms with Crippen molar-refractivity contribution in [2.75, 3.05) is 0 Å². The first kappa shape index (κ1) is 16.5. The zero-order chi connectivity index (χ0) is 17.4. The Morgan fingerprint density at radius 3 is 1.96 bits per heavy atom. The minimum absolute atomic E-state index is 0.0292. The lowest BCUT2D eigenvalue weighted by Crippen LogP contribution is -2.17. The van der Waals surface area contributed by atoms with Gasteiger partial charge in [0.1, 0.15) is 0 Å². The monoisotopic (exact) mass is 361 g/mol. The Morgan fingerprint density at radius 2 is 1.33 bits per heavy atom. The summed E-state index contributed by atoms with van der Waals surface area (Å²) in [6, 6.07) is 16.7. The molecular weight excluding hydrogens is 346 g/mol. The molecule has 0 unspecified atom stereocenters. The highest BCUT2D eigenvalue weighted by atomic mass is 32.2. The van der Waals surface area contributed by atoms with Crippen molar-refractivity contribution < 1.29 is 16.8 Å². The Labute approximate surface area is 141 Å². The Morgan fingerprint density at radius 1 is 0.708 bits per heavy atom. The summed E-state index contributed by atoms with van der Waals surface area (Å²) in [7, 11) is -7.94. The van der Waals surface area contributed by atoms with Crippen molar-refractivity contribution >= 4 is 19.9 Å². The molecule has 1 aromatic heterocycles. The number of hydrogen-bond donors (Lipinski definition) is 0. The molecule has 0 spiro atoms. The van der Waals surface area contributed by atoms with Crippen LogP contribution in [0.4, 0.5) is 0 Å². The van der Waals surface area contributed by atoms with E-state index in [9.17, 15) is 16.8 Å². The lowest BCUT2D eigenvalue weighted by Gasteiger charge is -2.11. The van der Waals surface area contributed by atoms with Gasteiger partial charge < -0.3 is 0 Å². The fourth-order valence-electron chi connectivity index (χ4n) is 2.30. The molecule has 0 bridgehead atoms. The predicted molar refractivity (Wildman–Crippen MR) is 90.1 cm³/mol. The molecule has 0 aliphatic heterocycles. The molecule has 0 aliphatic carbocycles. The van der Waals surface area contributed by atoms with Gasteiger partial charge in [-0.1, -0.05) is 35.9 Å². The number of nitrogens with zero attached hydrogens (tertiary/aromatic N) is 1. The Balaban J connectivity index is 2.16. The van der Waals surface area contributed by atoms with E-state index in [0.29, 0.717) is 0 Å². The summed E-state index contributed by atoms with van der Waals surface area (Å²) < 4.78 is 51.9.